The number of halogens is 4. The Kier molecular flexibility index (Phi) is 5.30. The van der Waals surface area contributed by atoms with Crippen molar-refractivity contribution < 1.29 is 18.0 Å². The van der Waals surface area contributed by atoms with Crippen molar-refractivity contribution in [3.8, 4) is 0 Å². The third-order valence-corrected chi connectivity index (χ3v) is 4.70. The molecule has 21 heavy (non-hydrogen) atoms. The highest BCUT2D eigenvalue weighted by atomic mass is 79.9. The molecule has 1 aliphatic rings. The van der Waals surface area contributed by atoms with Gasteiger partial charge in [0, 0.05) is 16.9 Å². The van der Waals surface area contributed by atoms with E-state index < -0.39 is 17.6 Å². The van der Waals surface area contributed by atoms with E-state index in [1.54, 1.807) is 0 Å². The van der Waals surface area contributed by atoms with E-state index >= 15 is 0 Å². The third-order valence-electron chi connectivity index (χ3n) is 3.78. The Hall–Kier alpha value is -1.04. The molecule has 0 aliphatic heterocycles. The van der Waals surface area contributed by atoms with Crippen LogP contribution < -0.4 is 5.32 Å². The lowest BCUT2D eigenvalue weighted by Gasteiger charge is -2.25. The fourth-order valence-corrected chi connectivity index (χ4v) is 3.03. The van der Waals surface area contributed by atoms with Crippen molar-refractivity contribution in [2.75, 3.05) is 6.54 Å². The van der Waals surface area contributed by atoms with Crippen LogP contribution in [0.15, 0.2) is 24.3 Å². The molecule has 0 saturated heterocycles. The van der Waals surface area contributed by atoms with Crippen molar-refractivity contribution in [3.63, 3.8) is 0 Å². The largest absolute Gasteiger partial charge is 0.416 e. The van der Waals surface area contributed by atoms with Crippen LogP contribution in [0.3, 0.4) is 0 Å². The molecule has 0 spiro atoms. The summed E-state index contributed by atoms with van der Waals surface area (Å²) in [5.74, 6) is -0.0318. The van der Waals surface area contributed by atoms with Crippen LogP contribution in [0, 0.1) is 5.92 Å². The Morgan fingerprint density at radius 3 is 2.52 bits per heavy atom. The van der Waals surface area contributed by atoms with Crippen LogP contribution in [0.4, 0.5) is 13.2 Å². The zero-order valence-corrected chi connectivity index (χ0v) is 13.0. The molecule has 1 aromatic carbocycles. The minimum atomic E-state index is -4.43. The van der Waals surface area contributed by atoms with E-state index in [-0.39, 0.29) is 5.56 Å². The molecule has 0 radical (unpaired) electrons. The fraction of sp³-hybridized carbons (Fsp3) is 0.533. The molecular weight excluding hydrogens is 347 g/mol. The lowest BCUT2D eigenvalue weighted by Crippen LogP contribution is -2.31. The highest BCUT2D eigenvalue weighted by molar-refractivity contribution is 9.09. The number of carbonyl (C=O) groups excluding carboxylic acids is 1. The number of rotatable bonds is 3. The zero-order chi connectivity index (χ0) is 15.5. The van der Waals surface area contributed by atoms with Gasteiger partial charge < -0.3 is 5.32 Å². The molecule has 116 valence electrons. The molecule has 2 nitrogen and oxygen atoms in total. The van der Waals surface area contributed by atoms with Gasteiger partial charge in [-0.3, -0.25) is 4.79 Å². The summed E-state index contributed by atoms with van der Waals surface area (Å²) in [7, 11) is 0. The zero-order valence-electron chi connectivity index (χ0n) is 11.4. The van der Waals surface area contributed by atoms with E-state index in [2.05, 4.69) is 21.2 Å². The first-order chi connectivity index (χ1) is 9.86. The lowest BCUT2D eigenvalue weighted by atomic mass is 9.89. The smallest absolute Gasteiger partial charge is 0.352 e. The Morgan fingerprint density at radius 1 is 1.24 bits per heavy atom. The number of amides is 1. The number of nitrogens with one attached hydrogen (secondary N) is 1. The van der Waals surface area contributed by atoms with Crippen molar-refractivity contribution >= 4 is 21.8 Å². The fourth-order valence-electron chi connectivity index (χ4n) is 2.50. The van der Waals surface area contributed by atoms with Gasteiger partial charge in [0.05, 0.1) is 5.56 Å². The van der Waals surface area contributed by atoms with Crippen LogP contribution in [0.25, 0.3) is 0 Å². The average molecular weight is 364 g/mol. The van der Waals surface area contributed by atoms with Gasteiger partial charge in [-0.2, -0.15) is 13.2 Å². The molecule has 1 N–H and O–H groups in total. The summed E-state index contributed by atoms with van der Waals surface area (Å²) in [6, 6.07) is 4.52. The second kappa shape index (κ2) is 6.81. The normalized spacial score (nSPS) is 22.9. The average Bonchev–Trinajstić information content (AvgIpc) is 2.45. The topological polar surface area (TPSA) is 29.1 Å². The van der Waals surface area contributed by atoms with E-state index in [1.807, 2.05) is 0 Å². The molecule has 1 amide bonds. The molecule has 0 unspecified atom stereocenters. The number of carbonyl (C=O) groups is 1. The monoisotopic (exact) mass is 363 g/mol. The van der Waals surface area contributed by atoms with E-state index in [0.29, 0.717) is 17.3 Å². The van der Waals surface area contributed by atoms with Crippen molar-refractivity contribution in [1.29, 1.82) is 0 Å². The number of hydrogen-bond acceptors (Lipinski definition) is 1. The van der Waals surface area contributed by atoms with Gasteiger partial charge in [0.1, 0.15) is 0 Å². The first-order valence-electron chi connectivity index (χ1n) is 6.96. The molecule has 1 fully saturated rings. The van der Waals surface area contributed by atoms with Crippen LogP contribution in [0.2, 0.25) is 0 Å². The Balaban J connectivity index is 1.91. The van der Waals surface area contributed by atoms with Crippen molar-refractivity contribution in [1.82, 2.24) is 5.32 Å². The maximum Gasteiger partial charge on any atom is 0.416 e. The van der Waals surface area contributed by atoms with E-state index in [0.717, 1.165) is 37.8 Å². The molecular formula is C15H17BrF3NO. The Labute approximate surface area is 130 Å². The summed E-state index contributed by atoms with van der Waals surface area (Å²) in [5, 5.41) is 2.74. The van der Waals surface area contributed by atoms with Gasteiger partial charge in [0.2, 0.25) is 0 Å². The number of benzene rings is 1. The predicted octanol–water partition coefficient (Wildman–Crippen LogP) is 4.39. The first-order valence-corrected chi connectivity index (χ1v) is 7.87. The van der Waals surface area contributed by atoms with Gasteiger partial charge in [0.15, 0.2) is 0 Å². The van der Waals surface area contributed by atoms with E-state index in [4.69, 9.17) is 0 Å². The standard InChI is InChI=1S/C15H17BrF3NO/c16-13-6-4-10(5-7-13)9-20-14(21)11-2-1-3-12(8-11)15(17,18)19/h1-3,8,10,13H,4-7,9H2,(H,20,21). The van der Waals surface area contributed by atoms with Gasteiger partial charge in [-0.25, -0.2) is 0 Å². The van der Waals surface area contributed by atoms with E-state index in [1.165, 1.54) is 12.1 Å². The highest BCUT2D eigenvalue weighted by Gasteiger charge is 2.31. The summed E-state index contributed by atoms with van der Waals surface area (Å²) in [6.45, 7) is 0.523. The molecule has 0 aromatic heterocycles. The molecule has 1 aromatic rings. The maximum atomic E-state index is 12.6. The van der Waals surface area contributed by atoms with Gasteiger partial charge in [-0.05, 0) is 49.8 Å². The molecule has 2 rings (SSSR count). The Morgan fingerprint density at radius 2 is 1.90 bits per heavy atom. The summed E-state index contributed by atoms with van der Waals surface area (Å²) >= 11 is 3.57. The molecule has 0 atom stereocenters. The minimum absolute atomic E-state index is 0.0546. The molecule has 0 bridgehead atoms. The summed E-state index contributed by atoms with van der Waals surface area (Å²) in [5.41, 5.74) is -0.742. The maximum absolute atomic E-state index is 12.6. The van der Waals surface area contributed by atoms with Crippen LogP contribution in [-0.2, 0) is 6.18 Å². The van der Waals surface area contributed by atoms with Crippen LogP contribution in [-0.4, -0.2) is 17.3 Å². The van der Waals surface area contributed by atoms with Crippen molar-refractivity contribution in [2.45, 2.75) is 36.7 Å². The second-order valence-electron chi connectivity index (χ2n) is 5.41. The Bertz CT molecular complexity index is 496. The molecule has 1 aliphatic carbocycles. The SMILES string of the molecule is O=C(NCC1CCC(Br)CC1)c1cccc(C(F)(F)F)c1. The quantitative estimate of drug-likeness (QED) is 0.792. The molecule has 0 heterocycles. The number of alkyl halides is 4. The molecule has 1 saturated carbocycles. The number of hydrogen-bond donors (Lipinski definition) is 1. The van der Waals surface area contributed by atoms with Crippen molar-refractivity contribution in [2.24, 2.45) is 5.92 Å². The minimum Gasteiger partial charge on any atom is -0.352 e. The first kappa shape index (κ1) is 16.3. The van der Waals surface area contributed by atoms with Crippen LogP contribution in [0.1, 0.15) is 41.6 Å². The van der Waals surface area contributed by atoms with E-state index in [9.17, 15) is 18.0 Å². The van der Waals surface area contributed by atoms with Crippen LogP contribution >= 0.6 is 15.9 Å². The van der Waals surface area contributed by atoms with Gasteiger partial charge in [-0.1, -0.05) is 22.0 Å². The van der Waals surface area contributed by atoms with Gasteiger partial charge in [-0.15, -0.1) is 0 Å². The highest BCUT2D eigenvalue weighted by Crippen LogP contribution is 2.30. The van der Waals surface area contributed by atoms with Gasteiger partial charge >= 0.3 is 6.18 Å². The third kappa shape index (κ3) is 4.73. The second-order valence-corrected chi connectivity index (χ2v) is 6.70. The van der Waals surface area contributed by atoms with Gasteiger partial charge in [0.25, 0.3) is 5.91 Å². The van der Waals surface area contributed by atoms with Crippen molar-refractivity contribution in [3.05, 3.63) is 35.4 Å². The summed E-state index contributed by atoms with van der Waals surface area (Å²) in [4.78, 5) is 12.5. The summed E-state index contributed by atoms with van der Waals surface area (Å²) in [6.07, 6.45) is -0.226. The molecule has 6 heteroatoms. The summed E-state index contributed by atoms with van der Waals surface area (Å²) < 4.78 is 37.8. The predicted molar refractivity (Wildman–Crippen MR) is 78.5 cm³/mol. The lowest BCUT2D eigenvalue weighted by molar-refractivity contribution is -0.137. The van der Waals surface area contributed by atoms with Crippen LogP contribution in [0.5, 0.6) is 0 Å².